The molecule has 2 aromatic rings. The molecular formula is C15H21N3O. The summed E-state index contributed by atoms with van der Waals surface area (Å²) in [6.45, 7) is 3.59. The third kappa shape index (κ3) is 2.05. The van der Waals surface area contributed by atoms with Crippen molar-refractivity contribution in [2.75, 3.05) is 6.61 Å². The molecule has 0 aliphatic carbocycles. The number of ether oxygens (including phenoxy) is 1. The van der Waals surface area contributed by atoms with Crippen LogP contribution in [0.2, 0.25) is 0 Å². The van der Waals surface area contributed by atoms with Gasteiger partial charge in [-0.3, -0.25) is 0 Å². The number of fused-ring (bicyclic) bond motifs is 1. The summed E-state index contributed by atoms with van der Waals surface area (Å²) in [6, 6.07) is 6.29. The highest BCUT2D eigenvalue weighted by Gasteiger charge is 2.31. The van der Waals surface area contributed by atoms with Gasteiger partial charge in [-0.15, -0.1) is 0 Å². The lowest BCUT2D eigenvalue weighted by molar-refractivity contribution is 0.0991. The van der Waals surface area contributed by atoms with Gasteiger partial charge in [0.25, 0.3) is 0 Å². The third-order valence-corrected chi connectivity index (χ3v) is 4.16. The van der Waals surface area contributed by atoms with Gasteiger partial charge in [0, 0.05) is 26.1 Å². The minimum Gasteiger partial charge on any atom is -0.377 e. The minimum absolute atomic E-state index is 0.310. The number of hydrogen-bond acceptors (Lipinski definition) is 3. The van der Waals surface area contributed by atoms with Gasteiger partial charge in [0.1, 0.15) is 5.82 Å². The molecule has 1 aliphatic rings. The van der Waals surface area contributed by atoms with Crippen molar-refractivity contribution < 1.29 is 4.74 Å². The van der Waals surface area contributed by atoms with Crippen molar-refractivity contribution in [2.45, 2.75) is 38.3 Å². The largest absolute Gasteiger partial charge is 0.377 e. The molecule has 2 unspecified atom stereocenters. The number of nitrogens with zero attached hydrogens (tertiary/aromatic N) is 2. The molecule has 2 heterocycles. The van der Waals surface area contributed by atoms with E-state index in [9.17, 15) is 0 Å². The summed E-state index contributed by atoms with van der Waals surface area (Å²) < 4.78 is 8.00. The summed E-state index contributed by atoms with van der Waals surface area (Å²) in [5.74, 6) is 1.57. The van der Waals surface area contributed by atoms with Crippen LogP contribution in [0.5, 0.6) is 0 Å². The van der Waals surface area contributed by atoms with Crippen LogP contribution in [-0.4, -0.2) is 22.3 Å². The first kappa shape index (κ1) is 12.6. The Morgan fingerprint density at radius 3 is 3.05 bits per heavy atom. The SMILES string of the molecule is CCC1OCCC1c1nc2cc(CN)ccc2n1C. The van der Waals surface area contributed by atoms with Crippen molar-refractivity contribution >= 4 is 11.0 Å². The molecule has 1 aromatic carbocycles. The van der Waals surface area contributed by atoms with E-state index in [-0.39, 0.29) is 0 Å². The predicted octanol–water partition coefficient (Wildman–Crippen LogP) is 2.31. The topological polar surface area (TPSA) is 53.1 Å². The van der Waals surface area contributed by atoms with E-state index in [1.165, 1.54) is 5.52 Å². The van der Waals surface area contributed by atoms with E-state index in [1.807, 2.05) is 0 Å². The molecule has 2 N–H and O–H groups in total. The molecular weight excluding hydrogens is 238 g/mol. The second-order valence-electron chi connectivity index (χ2n) is 5.27. The maximum atomic E-state index is 5.79. The van der Waals surface area contributed by atoms with E-state index in [1.54, 1.807) is 0 Å². The minimum atomic E-state index is 0.310. The number of hydrogen-bond donors (Lipinski definition) is 1. The Morgan fingerprint density at radius 2 is 2.32 bits per heavy atom. The average molecular weight is 259 g/mol. The first-order valence-electron chi connectivity index (χ1n) is 7.01. The van der Waals surface area contributed by atoms with Gasteiger partial charge in [0.05, 0.1) is 17.1 Å². The van der Waals surface area contributed by atoms with Crippen LogP contribution in [0, 0.1) is 0 Å². The van der Waals surface area contributed by atoms with E-state index < -0.39 is 0 Å². The molecule has 2 atom stereocenters. The predicted molar refractivity (Wildman–Crippen MR) is 76.0 cm³/mol. The molecule has 0 bridgehead atoms. The smallest absolute Gasteiger partial charge is 0.115 e. The Balaban J connectivity index is 2.06. The molecule has 1 aromatic heterocycles. The fourth-order valence-corrected chi connectivity index (χ4v) is 3.07. The first-order chi connectivity index (χ1) is 9.24. The number of nitrogens with two attached hydrogens (primary N) is 1. The molecule has 4 nitrogen and oxygen atoms in total. The highest BCUT2D eigenvalue weighted by atomic mass is 16.5. The third-order valence-electron chi connectivity index (χ3n) is 4.16. The molecule has 102 valence electrons. The Hall–Kier alpha value is -1.39. The number of benzene rings is 1. The lowest BCUT2D eigenvalue weighted by atomic mass is 9.99. The summed E-state index contributed by atoms with van der Waals surface area (Å²) in [7, 11) is 2.10. The lowest BCUT2D eigenvalue weighted by Gasteiger charge is -2.16. The highest BCUT2D eigenvalue weighted by molar-refractivity contribution is 5.77. The van der Waals surface area contributed by atoms with Crippen LogP contribution in [0.15, 0.2) is 18.2 Å². The van der Waals surface area contributed by atoms with Crippen LogP contribution in [0.4, 0.5) is 0 Å². The summed E-state index contributed by atoms with van der Waals surface area (Å²) >= 11 is 0. The number of imidazole rings is 1. The van der Waals surface area contributed by atoms with Gasteiger partial charge in [-0.25, -0.2) is 4.98 Å². The van der Waals surface area contributed by atoms with Crippen LogP contribution >= 0.6 is 0 Å². The Morgan fingerprint density at radius 1 is 1.47 bits per heavy atom. The van der Waals surface area contributed by atoms with E-state index in [0.717, 1.165) is 36.4 Å². The Labute approximate surface area is 113 Å². The van der Waals surface area contributed by atoms with Crippen LogP contribution in [-0.2, 0) is 18.3 Å². The second kappa shape index (κ2) is 4.94. The van der Waals surface area contributed by atoms with Crippen molar-refractivity contribution in [3.63, 3.8) is 0 Å². The summed E-state index contributed by atoms with van der Waals surface area (Å²) in [5.41, 5.74) is 9.05. The van der Waals surface area contributed by atoms with Crippen LogP contribution in [0.25, 0.3) is 11.0 Å². The standard InChI is InChI=1S/C15H21N3O/c1-3-14-11(6-7-19-14)15-17-12-8-10(9-16)4-5-13(12)18(15)2/h4-5,8,11,14H,3,6-7,9,16H2,1-2H3. The molecule has 0 saturated carbocycles. The van der Waals surface area contributed by atoms with Crippen molar-refractivity contribution in [2.24, 2.45) is 12.8 Å². The zero-order valence-electron chi connectivity index (χ0n) is 11.6. The molecule has 0 radical (unpaired) electrons. The fraction of sp³-hybridized carbons (Fsp3) is 0.533. The Bertz CT molecular complexity index is 590. The molecule has 1 saturated heterocycles. The monoisotopic (exact) mass is 259 g/mol. The van der Waals surface area contributed by atoms with Crippen LogP contribution in [0.1, 0.15) is 37.1 Å². The van der Waals surface area contributed by atoms with Crippen molar-refractivity contribution in [1.29, 1.82) is 0 Å². The van der Waals surface area contributed by atoms with Gasteiger partial charge in [-0.05, 0) is 30.5 Å². The molecule has 19 heavy (non-hydrogen) atoms. The molecule has 1 fully saturated rings. The average Bonchev–Trinajstić information content (AvgIpc) is 3.02. The van der Waals surface area contributed by atoms with Crippen LogP contribution in [0.3, 0.4) is 0 Å². The van der Waals surface area contributed by atoms with Crippen molar-refractivity contribution in [3.05, 3.63) is 29.6 Å². The van der Waals surface area contributed by atoms with Crippen molar-refractivity contribution in [1.82, 2.24) is 9.55 Å². The van der Waals surface area contributed by atoms with Gasteiger partial charge in [0.2, 0.25) is 0 Å². The summed E-state index contributed by atoms with van der Waals surface area (Å²) in [5, 5.41) is 0. The van der Waals surface area contributed by atoms with E-state index in [4.69, 9.17) is 15.5 Å². The van der Waals surface area contributed by atoms with Gasteiger partial charge in [-0.2, -0.15) is 0 Å². The van der Waals surface area contributed by atoms with E-state index in [0.29, 0.717) is 18.6 Å². The maximum absolute atomic E-state index is 5.79. The normalized spacial score (nSPS) is 23.3. The van der Waals surface area contributed by atoms with Gasteiger partial charge >= 0.3 is 0 Å². The number of aryl methyl sites for hydroxylation is 1. The van der Waals surface area contributed by atoms with E-state index in [2.05, 4.69) is 36.7 Å². The quantitative estimate of drug-likeness (QED) is 0.920. The molecule has 3 rings (SSSR count). The highest BCUT2D eigenvalue weighted by Crippen LogP contribution is 2.33. The zero-order valence-corrected chi connectivity index (χ0v) is 11.6. The van der Waals surface area contributed by atoms with Gasteiger partial charge in [0.15, 0.2) is 0 Å². The molecule has 0 spiro atoms. The lowest BCUT2D eigenvalue weighted by Crippen LogP contribution is -2.16. The number of rotatable bonds is 3. The Kier molecular flexibility index (Phi) is 3.29. The van der Waals surface area contributed by atoms with E-state index >= 15 is 0 Å². The summed E-state index contributed by atoms with van der Waals surface area (Å²) in [4.78, 5) is 4.83. The van der Waals surface area contributed by atoms with Crippen molar-refractivity contribution in [3.8, 4) is 0 Å². The number of aromatic nitrogens is 2. The first-order valence-corrected chi connectivity index (χ1v) is 7.01. The van der Waals surface area contributed by atoms with Gasteiger partial charge in [-0.1, -0.05) is 13.0 Å². The maximum Gasteiger partial charge on any atom is 0.115 e. The molecule has 0 amide bonds. The summed E-state index contributed by atoms with van der Waals surface area (Å²) in [6.07, 6.45) is 2.42. The molecule has 1 aliphatic heterocycles. The van der Waals surface area contributed by atoms with Crippen LogP contribution < -0.4 is 5.73 Å². The molecule has 4 heteroatoms. The second-order valence-corrected chi connectivity index (χ2v) is 5.27. The zero-order chi connectivity index (χ0) is 13.4. The fourth-order valence-electron chi connectivity index (χ4n) is 3.07. The van der Waals surface area contributed by atoms with Gasteiger partial charge < -0.3 is 15.0 Å².